The number of nitrogens with one attached hydrogen (secondary N) is 1. The van der Waals surface area contributed by atoms with Crippen molar-refractivity contribution in [2.45, 2.75) is 44.4 Å². The molecular weight excluding hydrogens is 412 g/mol. The lowest BCUT2D eigenvalue weighted by Crippen LogP contribution is -2.60. The highest BCUT2D eigenvalue weighted by molar-refractivity contribution is 7.99. The lowest BCUT2D eigenvalue weighted by atomic mass is 10.0. The van der Waals surface area contributed by atoms with E-state index in [1.54, 1.807) is 39.9 Å². The van der Waals surface area contributed by atoms with Crippen molar-refractivity contribution in [3.05, 3.63) is 64.4 Å². The molecule has 1 aliphatic rings. The number of carbonyl (C=O) groups is 1. The Hall–Kier alpha value is -3.13. The minimum atomic E-state index is -0.777. The molecule has 3 aromatic rings. The molecular formula is C23H25N4O3S+. The average molecular weight is 438 g/mol. The highest BCUT2D eigenvalue weighted by Crippen LogP contribution is 2.39. The predicted octanol–water partition coefficient (Wildman–Crippen LogP) is 3.63. The van der Waals surface area contributed by atoms with Crippen molar-refractivity contribution in [2.75, 3.05) is 10.7 Å². The Morgan fingerprint density at radius 1 is 1.19 bits per heavy atom. The number of thioether (sulfide) groups is 1. The molecule has 31 heavy (non-hydrogen) atoms. The molecule has 7 nitrogen and oxygen atoms in total. The fourth-order valence-corrected chi connectivity index (χ4v) is 4.74. The van der Waals surface area contributed by atoms with E-state index in [4.69, 9.17) is 5.10 Å². The number of rotatable bonds is 6. The molecule has 0 bridgehead atoms. The maximum atomic E-state index is 13.2. The first-order chi connectivity index (χ1) is 15.0. The number of fused-ring (bicyclic) bond motifs is 3. The molecule has 2 aromatic carbocycles. The zero-order chi connectivity index (χ0) is 22.0. The number of phenols is 1. The van der Waals surface area contributed by atoms with Crippen LogP contribution in [-0.2, 0) is 4.79 Å². The molecule has 8 heteroatoms. The molecule has 2 heterocycles. The summed E-state index contributed by atoms with van der Waals surface area (Å²) in [6.45, 7) is 3.62. The second-order valence-electron chi connectivity index (χ2n) is 7.45. The van der Waals surface area contributed by atoms with E-state index >= 15 is 0 Å². The molecule has 4 rings (SSSR count). The number of hydrogen-bond acceptors (Lipinski definition) is 5. The van der Waals surface area contributed by atoms with Crippen molar-refractivity contribution >= 4 is 23.4 Å². The highest BCUT2D eigenvalue weighted by Gasteiger charge is 2.45. The third kappa shape index (κ3) is 3.95. The number of H-pyrrole nitrogens is 1. The molecule has 0 aliphatic carbocycles. The molecule has 1 atom stereocenters. The van der Waals surface area contributed by atoms with E-state index in [-0.39, 0.29) is 17.2 Å². The summed E-state index contributed by atoms with van der Waals surface area (Å²) in [5.74, 6) is 0.665. The number of aromatic amines is 1. The normalized spacial score (nSPS) is 14.8. The predicted molar refractivity (Wildman–Crippen MR) is 120 cm³/mol. The highest BCUT2D eigenvalue weighted by atomic mass is 32.2. The first-order valence-corrected chi connectivity index (χ1v) is 11.4. The molecule has 0 fully saturated rings. The third-order valence-corrected chi connectivity index (χ3v) is 6.25. The van der Waals surface area contributed by atoms with Gasteiger partial charge in [-0.2, -0.15) is 0 Å². The number of benzene rings is 2. The van der Waals surface area contributed by atoms with Crippen LogP contribution in [-0.4, -0.2) is 26.8 Å². The summed E-state index contributed by atoms with van der Waals surface area (Å²) in [4.78, 5) is 30.4. The smallest absolute Gasteiger partial charge is 0.325 e. The van der Waals surface area contributed by atoms with Crippen LogP contribution in [0.2, 0.25) is 0 Å². The van der Waals surface area contributed by atoms with E-state index in [0.717, 1.165) is 25.0 Å². The lowest BCUT2D eigenvalue weighted by molar-refractivity contribution is -0.763. The molecule has 2 N–H and O–H groups in total. The van der Waals surface area contributed by atoms with E-state index in [1.807, 2.05) is 18.2 Å². The quantitative estimate of drug-likeness (QED) is 0.349. The van der Waals surface area contributed by atoms with Crippen LogP contribution in [0.25, 0.3) is 11.3 Å². The standard InChI is InChI=1S/C23H24N4O3S/c1-3-4-9-14-31-23-24-21(30)20-16-10-5-7-12-18(16)26(15(2)28)22(27(20)25-23)17-11-6-8-13-19(17)29/h5-8,10-13,22H,3-4,9,14H2,1-2H3,(H-,24,25,29,30)/p+1. The Bertz CT molecular complexity index is 1180. The fraction of sp³-hybridized carbons (Fsp3) is 0.304. The Balaban J connectivity index is 1.93. The number of amides is 1. The van der Waals surface area contributed by atoms with Gasteiger partial charge in [0.1, 0.15) is 5.75 Å². The number of carbonyl (C=O) groups excluding carboxylic acids is 1. The summed E-state index contributed by atoms with van der Waals surface area (Å²) in [6, 6.07) is 14.1. The van der Waals surface area contributed by atoms with Gasteiger partial charge in [0.15, 0.2) is 0 Å². The van der Waals surface area contributed by atoms with E-state index in [0.29, 0.717) is 27.7 Å². The first-order valence-electron chi connectivity index (χ1n) is 10.4. The van der Waals surface area contributed by atoms with Crippen LogP contribution >= 0.6 is 11.8 Å². The fourth-order valence-electron chi connectivity index (χ4n) is 3.89. The van der Waals surface area contributed by atoms with E-state index in [1.165, 1.54) is 18.7 Å². The largest absolute Gasteiger partial charge is 0.507 e. The summed E-state index contributed by atoms with van der Waals surface area (Å²) in [5.41, 5.74) is 1.82. The molecule has 0 saturated carbocycles. The maximum Gasteiger partial charge on any atom is 0.325 e. The summed E-state index contributed by atoms with van der Waals surface area (Å²) in [7, 11) is 0. The Kier molecular flexibility index (Phi) is 6.08. The average Bonchev–Trinajstić information content (AvgIpc) is 2.76. The van der Waals surface area contributed by atoms with Gasteiger partial charge < -0.3 is 5.11 Å². The summed E-state index contributed by atoms with van der Waals surface area (Å²) < 4.78 is 1.57. The number of nitrogens with zero attached hydrogens (tertiary/aromatic N) is 3. The molecule has 0 radical (unpaired) electrons. The first kappa shape index (κ1) is 21.1. The van der Waals surface area contributed by atoms with Gasteiger partial charge in [-0.15, -0.1) is 0 Å². The van der Waals surface area contributed by atoms with Crippen LogP contribution in [0.5, 0.6) is 5.75 Å². The van der Waals surface area contributed by atoms with Crippen molar-refractivity contribution in [1.29, 1.82) is 0 Å². The molecule has 1 amide bonds. The summed E-state index contributed by atoms with van der Waals surface area (Å²) in [6.07, 6.45) is 2.48. The van der Waals surface area contributed by atoms with Crippen molar-refractivity contribution in [1.82, 2.24) is 10.1 Å². The van der Waals surface area contributed by atoms with Crippen LogP contribution in [0.1, 0.15) is 44.8 Å². The zero-order valence-electron chi connectivity index (χ0n) is 17.5. The molecule has 1 aliphatic heterocycles. The Labute approximate surface area is 184 Å². The summed E-state index contributed by atoms with van der Waals surface area (Å²) >= 11 is 1.49. The van der Waals surface area contributed by atoms with Crippen LogP contribution in [0.15, 0.2) is 58.5 Å². The SMILES string of the molecule is CCCCCSc1n[n+]2c(c(=O)[nH]1)-c1ccccc1N(C(C)=O)C2c1ccccc1O. The van der Waals surface area contributed by atoms with Gasteiger partial charge in [-0.25, -0.2) is 4.90 Å². The number of unbranched alkanes of at least 4 members (excludes halogenated alkanes) is 2. The molecule has 0 spiro atoms. The van der Waals surface area contributed by atoms with E-state index < -0.39 is 6.17 Å². The van der Waals surface area contributed by atoms with Gasteiger partial charge in [-0.1, -0.05) is 55.8 Å². The third-order valence-electron chi connectivity index (χ3n) is 5.30. The van der Waals surface area contributed by atoms with Crippen molar-refractivity contribution < 1.29 is 14.6 Å². The van der Waals surface area contributed by atoms with Gasteiger partial charge in [0.2, 0.25) is 11.1 Å². The monoisotopic (exact) mass is 437 g/mol. The van der Waals surface area contributed by atoms with Crippen LogP contribution in [0, 0.1) is 0 Å². The maximum absolute atomic E-state index is 13.2. The minimum absolute atomic E-state index is 0.0378. The number of hydrogen-bond donors (Lipinski definition) is 2. The zero-order valence-corrected chi connectivity index (χ0v) is 18.4. The molecule has 0 saturated heterocycles. The second-order valence-corrected chi connectivity index (χ2v) is 8.53. The second kappa shape index (κ2) is 8.93. The molecule has 1 aromatic heterocycles. The number of aromatic nitrogens is 3. The number of para-hydroxylation sites is 2. The van der Waals surface area contributed by atoms with E-state index in [2.05, 4.69) is 11.9 Å². The topological polar surface area (TPSA) is 90.2 Å². The van der Waals surface area contributed by atoms with Crippen LogP contribution in [0.3, 0.4) is 0 Å². The van der Waals surface area contributed by atoms with Gasteiger partial charge >= 0.3 is 11.3 Å². The Morgan fingerprint density at radius 3 is 2.68 bits per heavy atom. The minimum Gasteiger partial charge on any atom is -0.507 e. The van der Waals surface area contributed by atoms with Gasteiger partial charge in [-0.3, -0.25) is 14.6 Å². The van der Waals surface area contributed by atoms with Gasteiger partial charge in [0.25, 0.3) is 6.17 Å². The molecule has 160 valence electrons. The number of anilines is 1. The van der Waals surface area contributed by atoms with E-state index in [9.17, 15) is 14.7 Å². The van der Waals surface area contributed by atoms with Crippen LogP contribution < -0.4 is 15.1 Å². The number of aromatic hydroxyl groups is 1. The van der Waals surface area contributed by atoms with Crippen LogP contribution in [0.4, 0.5) is 5.69 Å². The van der Waals surface area contributed by atoms with Gasteiger partial charge in [0.05, 0.1) is 16.8 Å². The molecule has 1 unspecified atom stereocenters. The Morgan fingerprint density at radius 2 is 1.94 bits per heavy atom. The van der Waals surface area contributed by atoms with Crippen molar-refractivity contribution in [3.63, 3.8) is 0 Å². The van der Waals surface area contributed by atoms with Gasteiger partial charge in [-0.05, 0) is 35.4 Å². The van der Waals surface area contributed by atoms with Gasteiger partial charge in [0, 0.05) is 17.8 Å². The van der Waals surface area contributed by atoms with Crippen molar-refractivity contribution in [2.24, 2.45) is 0 Å². The number of phenolic OH excluding ortho intramolecular Hbond substituents is 1. The lowest BCUT2D eigenvalue weighted by Gasteiger charge is -2.31. The summed E-state index contributed by atoms with van der Waals surface area (Å²) in [5, 5.41) is 15.8. The van der Waals surface area contributed by atoms with Crippen molar-refractivity contribution in [3.8, 4) is 17.0 Å².